The van der Waals surface area contributed by atoms with E-state index >= 15 is 0 Å². The van der Waals surface area contributed by atoms with Crippen molar-refractivity contribution >= 4 is 27.1 Å². The van der Waals surface area contributed by atoms with Crippen LogP contribution in [-0.4, -0.2) is 75.0 Å². The molecular formula is C15H24F3N5O2S2. The maximum Gasteiger partial charge on any atom is 0.434 e. The number of aliphatic imine (C=N–C) groups is 1. The van der Waals surface area contributed by atoms with Gasteiger partial charge in [-0.25, -0.2) is 13.4 Å². The fourth-order valence-electron chi connectivity index (χ4n) is 2.46. The Kier molecular flexibility index (Phi) is 7.86. The second-order valence-electron chi connectivity index (χ2n) is 6.06. The zero-order valence-electron chi connectivity index (χ0n) is 15.0. The topological polar surface area (TPSA) is 86.7 Å². The largest absolute Gasteiger partial charge is 0.434 e. The van der Waals surface area contributed by atoms with Crippen molar-refractivity contribution in [2.24, 2.45) is 4.99 Å². The quantitative estimate of drug-likeness (QED) is 0.499. The molecule has 0 saturated carbocycles. The molecule has 0 amide bonds. The summed E-state index contributed by atoms with van der Waals surface area (Å²) in [5, 5.41) is 7.59. The Morgan fingerprint density at radius 3 is 2.63 bits per heavy atom. The maximum absolute atomic E-state index is 12.5. The first-order chi connectivity index (χ1) is 12.7. The first-order valence-corrected chi connectivity index (χ1v) is 11.4. The maximum atomic E-state index is 12.5. The van der Waals surface area contributed by atoms with Gasteiger partial charge in [-0.15, -0.1) is 11.3 Å². The Hall–Kier alpha value is -1.40. The summed E-state index contributed by atoms with van der Waals surface area (Å²) >= 11 is 0.991. The Morgan fingerprint density at radius 2 is 2.04 bits per heavy atom. The van der Waals surface area contributed by atoms with Gasteiger partial charge in [-0.1, -0.05) is 0 Å². The molecule has 2 heterocycles. The van der Waals surface area contributed by atoms with Gasteiger partial charge in [-0.2, -0.15) is 13.2 Å². The Labute approximate surface area is 161 Å². The van der Waals surface area contributed by atoms with Gasteiger partial charge >= 0.3 is 6.18 Å². The minimum atomic E-state index is -4.41. The Morgan fingerprint density at radius 1 is 1.33 bits per heavy atom. The van der Waals surface area contributed by atoms with Gasteiger partial charge in [0.25, 0.3) is 0 Å². The van der Waals surface area contributed by atoms with Gasteiger partial charge in [0, 0.05) is 44.5 Å². The number of nitrogens with one attached hydrogen (secondary N) is 2. The predicted molar refractivity (Wildman–Crippen MR) is 99.9 cm³/mol. The summed E-state index contributed by atoms with van der Waals surface area (Å²) in [7, 11) is -2.89. The van der Waals surface area contributed by atoms with Gasteiger partial charge in [0.1, 0.15) is 0 Å². The molecule has 0 unspecified atom stereocenters. The van der Waals surface area contributed by atoms with Gasteiger partial charge < -0.3 is 10.6 Å². The average molecular weight is 428 g/mol. The van der Waals surface area contributed by atoms with Crippen molar-refractivity contribution in [1.82, 2.24) is 20.5 Å². The number of aromatic nitrogens is 1. The highest BCUT2D eigenvalue weighted by molar-refractivity contribution is 7.91. The molecule has 0 aromatic carbocycles. The highest BCUT2D eigenvalue weighted by Crippen LogP contribution is 2.29. The summed E-state index contributed by atoms with van der Waals surface area (Å²) in [6, 6.07) is 0. The molecule has 27 heavy (non-hydrogen) atoms. The third-order valence-corrected chi connectivity index (χ3v) is 6.46. The second kappa shape index (κ2) is 9.69. The van der Waals surface area contributed by atoms with E-state index < -0.39 is 21.7 Å². The van der Waals surface area contributed by atoms with Crippen LogP contribution in [-0.2, 0) is 22.4 Å². The number of hydrogen-bond donors (Lipinski definition) is 2. The van der Waals surface area contributed by atoms with E-state index in [1.165, 1.54) is 0 Å². The lowest BCUT2D eigenvalue weighted by molar-refractivity contribution is -0.140. The van der Waals surface area contributed by atoms with Crippen LogP contribution in [0.25, 0.3) is 0 Å². The van der Waals surface area contributed by atoms with Crippen LogP contribution >= 0.6 is 11.3 Å². The number of nitrogens with zero attached hydrogens (tertiary/aromatic N) is 3. The second-order valence-corrected chi connectivity index (χ2v) is 9.30. The van der Waals surface area contributed by atoms with Crippen LogP contribution < -0.4 is 10.6 Å². The van der Waals surface area contributed by atoms with Gasteiger partial charge in [0.2, 0.25) is 0 Å². The summed E-state index contributed by atoms with van der Waals surface area (Å²) in [6.45, 7) is 5.20. The number of hydrogen-bond acceptors (Lipinski definition) is 6. The molecule has 2 rings (SSSR count). The van der Waals surface area contributed by atoms with Crippen LogP contribution in [0.4, 0.5) is 13.2 Å². The predicted octanol–water partition coefficient (Wildman–Crippen LogP) is 0.990. The van der Waals surface area contributed by atoms with E-state index in [1.807, 2.05) is 6.92 Å². The van der Waals surface area contributed by atoms with Crippen molar-refractivity contribution in [2.45, 2.75) is 19.5 Å². The standard InChI is InChI=1S/C15H24F3N5O2S2/c1-2-19-14(21-5-6-23-7-9-27(24,25)10-8-23)20-4-3-13-22-12(11-26-13)15(16,17)18/h11H,2-10H2,1H3,(H2,19,20,21). The van der Waals surface area contributed by atoms with E-state index in [2.05, 4.69) is 25.5 Å². The number of halogens is 3. The summed E-state index contributed by atoms with van der Waals surface area (Å²) in [5.41, 5.74) is -0.855. The number of thiazole rings is 1. The normalized spacial score (nSPS) is 18.4. The highest BCUT2D eigenvalue weighted by atomic mass is 32.2. The summed E-state index contributed by atoms with van der Waals surface area (Å²) in [6.07, 6.45) is -4.04. The van der Waals surface area contributed by atoms with E-state index in [4.69, 9.17) is 0 Å². The first kappa shape index (κ1) is 21.9. The van der Waals surface area contributed by atoms with Crippen LogP contribution in [0, 0.1) is 0 Å². The van der Waals surface area contributed by atoms with Crippen LogP contribution in [0.3, 0.4) is 0 Å². The molecule has 2 N–H and O–H groups in total. The fraction of sp³-hybridized carbons (Fsp3) is 0.733. The summed E-state index contributed by atoms with van der Waals surface area (Å²) < 4.78 is 60.5. The van der Waals surface area contributed by atoms with Crippen molar-refractivity contribution in [1.29, 1.82) is 0 Å². The zero-order chi connectivity index (χ0) is 19.9. The van der Waals surface area contributed by atoms with E-state index in [0.717, 1.165) is 16.7 Å². The molecule has 1 saturated heterocycles. The van der Waals surface area contributed by atoms with E-state index in [-0.39, 0.29) is 11.5 Å². The molecule has 0 radical (unpaired) electrons. The summed E-state index contributed by atoms with van der Waals surface area (Å²) in [4.78, 5) is 10.1. The van der Waals surface area contributed by atoms with Crippen molar-refractivity contribution < 1.29 is 21.6 Å². The third kappa shape index (κ3) is 7.62. The molecule has 7 nitrogen and oxygen atoms in total. The first-order valence-electron chi connectivity index (χ1n) is 8.66. The number of sulfone groups is 1. The lowest BCUT2D eigenvalue weighted by Gasteiger charge is -2.25. The van der Waals surface area contributed by atoms with Crippen LogP contribution in [0.2, 0.25) is 0 Å². The van der Waals surface area contributed by atoms with Gasteiger partial charge in [-0.3, -0.25) is 9.89 Å². The molecule has 0 atom stereocenters. The molecular weight excluding hydrogens is 403 g/mol. The van der Waals surface area contributed by atoms with Crippen molar-refractivity contribution in [3.05, 3.63) is 16.1 Å². The fourth-order valence-corrected chi connectivity index (χ4v) is 4.54. The zero-order valence-corrected chi connectivity index (χ0v) is 16.7. The van der Waals surface area contributed by atoms with E-state index in [0.29, 0.717) is 56.7 Å². The molecule has 0 spiro atoms. The minimum Gasteiger partial charge on any atom is -0.357 e. The molecule has 1 fully saturated rings. The number of alkyl halides is 3. The average Bonchev–Trinajstić information content (AvgIpc) is 3.05. The minimum absolute atomic E-state index is 0.183. The van der Waals surface area contributed by atoms with Crippen molar-refractivity contribution in [3.63, 3.8) is 0 Å². The lowest BCUT2D eigenvalue weighted by atomic mass is 10.4. The molecule has 1 aliphatic rings. The monoisotopic (exact) mass is 427 g/mol. The van der Waals surface area contributed by atoms with Crippen molar-refractivity contribution in [2.75, 3.05) is 50.8 Å². The van der Waals surface area contributed by atoms with E-state index in [9.17, 15) is 21.6 Å². The Balaban J connectivity index is 1.75. The smallest absolute Gasteiger partial charge is 0.357 e. The van der Waals surface area contributed by atoms with Gasteiger partial charge in [-0.05, 0) is 6.92 Å². The summed E-state index contributed by atoms with van der Waals surface area (Å²) in [5.74, 6) is 0.945. The Bertz CT molecular complexity index is 720. The SMILES string of the molecule is CCNC(=NCCN1CCS(=O)(=O)CC1)NCCc1nc(C(F)(F)F)cs1. The van der Waals surface area contributed by atoms with Gasteiger partial charge in [0.15, 0.2) is 21.5 Å². The number of rotatable bonds is 7. The van der Waals surface area contributed by atoms with Crippen molar-refractivity contribution in [3.8, 4) is 0 Å². The molecule has 12 heteroatoms. The van der Waals surface area contributed by atoms with E-state index in [1.54, 1.807) is 0 Å². The molecule has 0 bridgehead atoms. The van der Waals surface area contributed by atoms with Crippen LogP contribution in [0.15, 0.2) is 10.4 Å². The molecule has 1 aliphatic heterocycles. The lowest BCUT2D eigenvalue weighted by Crippen LogP contribution is -2.42. The molecule has 1 aromatic rings. The van der Waals surface area contributed by atoms with Crippen LogP contribution in [0.5, 0.6) is 0 Å². The highest BCUT2D eigenvalue weighted by Gasteiger charge is 2.33. The molecule has 1 aromatic heterocycles. The number of guanidine groups is 1. The third-order valence-electron chi connectivity index (χ3n) is 3.94. The van der Waals surface area contributed by atoms with Crippen LogP contribution in [0.1, 0.15) is 17.6 Å². The molecule has 0 aliphatic carbocycles. The molecule has 154 valence electrons. The van der Waals surface area contributed by atoms with Gasteiger partial charge in [0.05, 0.1) is 23.1 Å².